The zero-order valence-electron chi connectivity index (χ0n) is 7.23. The van der Waals surface area contributed by atoms with Crippen LogP contribution in [0.5, 0.6) is 0 Å². The van der Waals surface area contributed by atoms with Gasteiger partial charge in [-0.15, -0.1) is 11.6 Å². The number of fused-ring (bicyclic) bond motifs is 1. The van der Waals surface area contributed by atoms with Crippen molar-refractivity contribution in [3.63, 3.8) is 0 Å². The molecule has 1 aliphatic heterocycles. The van der Waals surface area contributed by atoms with Gasteiger partial charge in [0.15, 0.2) is 5.78 Å². The molecule has 0 aromatic heterocycles. The van der Waals surface area contributed by atoms with Gasteiger partial charge in [0, 0.05) is 5.56 Å². The maximum Gasteiger partial charge on any atom is 0.179 e. The van der Waals surface area contributed by atoms with Gasteiger partial charge in [0.2, 0.25) is 0 Å². The summed E-state index contributed by atoms with van der Waals surface area (Å²) in [6.07, 6.45) is 0. The second kappa shape index (κ2) is 3.67. The van der Waals surface area contributed by atoms with Crippen molar-refractivity contribution in [2.45, 2.75) is 0 Å². The molecule has 1 aromatic rings. The lowest BCUT2D eigenvalue weighted by Crippen LogP contribution is -2.01. The van der Waals surface area contributed by atoms with Gasteiger partial charge in [0.1, 0.15) is 0 Å². The molecular formula is C9H8Cl2N2O. The minimum Gasteiger partial charge on any atom is -0.366 e. The first kappa shape index (κ1) is 9.62. The van der Waals surface area contributed by atoms with Gasteiger partial charge in [-0.2, -0.15) is 0 Å². The Hall–Kier alpha value is -0.930. The lowest BCUT2D eigenvalue weighted by Gasteiger charge is -2.04. The summed E-state index contributed by atoms with van der Waals surface area (Å²) >= 11 is 11.4. The zero-order valence-corrected chi connectivity index (χ0v) is 8.74. The van der Waals surface area contributed by atoms with Crippen molar-refractivity contribution in [3.8, 4) is 0 Å². The lowest BCUT2D eigenvalue weighted by atomic mass is 10.1. The van der Waals surface area contributed by atoms with Crippen molar-refractivity contribution < 1.29 is 4.79 Å². The Bertz CT molecular complexity index is 393. The summed E-state index contributed by atoms with van der Waals surface area (Å²) in [6.45, 7) is 0.657. The number of rotatable bonds is 2. The quantitative estimate of drug-likeness (QED) is 0.607. The molecular weight excluding hydrogens is 223 g/mol. The van der Waals surface area contributed by atoms with Crippen LogP contribution in [-0.4, -0.2) is 18.3 Å². The molecule has 2 rings (SSSR count). The van der Waals surface area contributed by atoms with Crippen LogP contribution < -0.4 is 10.6 Å². The fraction of sp³-hybridized carbons (Fsp3) is 0.222. The minimum absolute atomic E-state index is 0.0497. The fourth-order valence-electron chi connectivity index (χ4n) is 1.39. The van der Waals surface area contributed by atoms with E-state index in [0.717, 1.165) is 11.4 Å². The molecule has 1 aromatic carbocycles. The Morgan fingerprint density at radius 1 is 1.36 bits per heavy atom. The first-order chi connectivity index (χ1) is 6.72. The summed E-state index contributed by atoms with van der Waals surface area (Å²) in [4.78, 5) is 11.4. The summed E-state index contributed by atoms with van der Waals surface area (Å²) in [6, 6.07) is 3.46. The molecule has 0 unspecified atom stereocenters. The molecule has 2 N–H and O–H groups in total. The number of carbonyl (C=O) groups is 1. The molecule has 0 radical (unpaired) electrons. The van der Waals surface area contributed by atoms with E-state index in [2.05, 4.69) is 10.6 Å². The van der Waals surface area contributed by atoms with Crippen molar-refractivity contribution >= 4 is 40.4 Å². The van der Waals surface area contributed by atoms with E-state index in [1.807, 2.05) is 0 Å². The zero-order chi connectivity index (χ0) is 10.1. The number of carbonyl (C=O) groups excluding carboxylic acids is 1. The van der Waals surface area contributed by atoms with Crippen molar-refractivity contribution in [2.24, 2.45) is 0 Å². The van der Waals surface area contributed by atoms with E-state index in [1.54, 1.807) is 12.1 Å². The number of alkyl halides is 1. The van der Waals surface area contributed by atoms with Crippen molar-refractivity contribution in [1.29, 1.82) is 0 Å². The maximum atomic E-state index is 11.4. The Labute approximate surface area is 91.4 Å². The molecule has 0 saturated carbocycles. The van der Waals surface area contributed by atoms with Gasteiger partial charge in [-0.25, -0.2) is 0 Å². The van der Waals surface area contributed by atoms with Gasteiger partial charge in [-0.1, -0.05) is 11.6 Å². The normalized spacial score (nSPS) is 13.0. The molecule has 14 heavy (non-hydrogen) atoms. The Morgan fingerprint density at radius 3 is 2.64 bits per heavy atom. The van der Waals surface area contributed by atoms with Crippen LogP contribution in [0.4, 0.5) is 11.4 Å². The molecule has 3 nitrogen and oxygen atoms in total. The van der Waals surface area contributed by atoms with Crippen molar-refractivity contribution in [1.82, 2.24) is 0 Å². The SMILES string of the molecule is O=C(CCl)c1cc2c(cc1Cl)NCN2. The molecule has 1 heterocycles. The topological polar surface area (TPSA) is 41.1 Å². The average molecular weight is 231 g/mol. The molecule has 0 atom stereocenters. The standard InChI is InChI=1S/C9H8Cl2N2O/c10-3-9(14)5-1-7-8(2-6(5)11)13-4-12-7/h1-2,12-13H,3-4H2. The lowest BCUT2D eigenvalue weighted by molar-refractivity contribution is 0.102. The third-order valence-corrected chi connectivity index (χ3v) is 2.64. The number of ketones is 1. The van der Waals surface area contributed by atoms with E-state index in [0.29, 0.717) is 17.3 Å². The second-order valence-corrected chi connectivity index (χ2v) is 3.64. The van der Waals surface area contributed by atoms with Crippen LogP contribution in [0.25, 0.3) is 0 Å². The Morgan fingerprint density at radius 2 is 2.00 bits per heavy atom. The number of anilines is 2. The number of Topliss-reactive ketones (excluding diaryl/α,β-unsaturated/α-hetero) is 1. The number of halogens is 2. The largest absolute Gasteiger partial charge is 0.366 e. The summed E-state index contributed by atoms with van der Waals surface area (Å²) < 4.78 is 0. The highest BCUT2D eigenvalue weighted by Gasteiger charge is 2.16. The van der Waals surface area contributed by atoms with Crippen LogP contribution in [0, 0.1) is 0 Å². The molecule has 0 bridgehead atoms. The highest BCUT2D eigenvalue weighted by molar-refractivity contribution is 6.37. The van der Waals surface area contributed by atoms with Crippen molar-refractivity contribution in [2.75, 3.05) is 23.2 Å². The summed E-state index contributed by atoms with van der Waals surface area (Å²) in [5.41, 5.74) is 2.28. The van der Waals surface area contributed by atoms with Crippen LogP contribution in [-0.2, 0) is 0 Å². The smallest absolute Gasteiger partial charge is 0.179 e. The number of hydrogen-bond donors (Lipinski definition) is 2. The molecule has 5 heteroatoms. The fourth-order valence-corrected chi connectivity index (χ4v) is 1.80. The van der Waals surface area contributed by atoms with Gasteiger partial charge in [-0.3, -0.25) is 4.79 Å². The molecule has 0 spiro atoms. The van der Waals surface area contributed by atoms with E-state index < -0.39 is 0 Å². The van der Waals surface area contributed by atoms with Crippen LogP contribution in [0.15, 0.2) is 12.1 Å². The molecule has 1 aliphatic rings. The van der Waals surface area contributed by atoms with Gasteiger partial charge >= 0.3 is 0 Å². The van der Waals surface area contributed by atoms with Gasteiger partial charge in [-0.05, 0) is 12.1 Å². The van der Waals surface area contributed by atoms with Gasteiger partial charge in [0.05, 0.1) is 28.9 Å². The molecule has 0 fully saturated rings. The van der Waals surface area contributed by atoms with E-state index in [4.69, 9.17) is 23.2 Å². The highest BCUT2D eigenvalue weighted by atomic mass is 35.5. The van der Waals surface area contributed by atoms with E-state index in [-0.39, 0.29) is 11.7 Å². The first-order valence-electron chi connectivity index (χ1n) is 4.13. The second-order valence-electron chi connectivity index (χ2n) is 2.96. The third kappa shape index (κ3) is 1.53. The van der Waals surface area contributed by atoms with Crippen LogP contribution >= 0.6 is 23.2 Å². The van der Waals surface area contributed by atoms with E-state index >= 15 is 0 Å². The van der Waals surface area contributed by atoms with E-state index in [9.17, 15) is 4.79 Å². The molecule has 0 aliphatic carbocycles. The van der Waals surface area contributed by atoms with Gasteiger partial charge < -0.3 is 10.6 Å². The number of nitrogens with one attached hydrogen (secondary N) is 2. The molecule has 0 amide bonds. The van der Waals surface area contributed by atoms with Crippen molar-refractivity contribution in [3.05, 3.63) is 22.7 Å². The van der Waals surface area contributed by atoms with Crippen LogP contribution in [0.3, 0.4) is 0 Å². The summed E-state index contributed by atoms with van der Waals surface area (Å²) in [5.74, 6) is -0.209. The molecule has 0 saturated heterocycles. The van der Waals surface area contributed by atoms with E-state index in [1.165, 1.54) is 0 Å². The summed E-state index contributed by atoms with van der Waals surface area (Å²) in [5, 5.41) is 6.60. The molecule has 74 valence electrons. The minimum atomic E-state index is -0.159. The Kier molecular flexibility index (Phi) is 2.52. The van der Waals surface area contributed by atoms with Crippen LogP contribution in [0.2, 0.25) is 5.02 Å². The summed E-state index contributed by atoms with van der Waals surface area (Å²) in [7, 11) is 0. The Balaban J connectivity index is 2.47. The maximum absolute atomic E-state index is 11.4. The first-order valence-corrected chi connectivity index (χ1v) is 5.04. The predicted molar refractivity (Wildman–Crippen MR) is 58.6 cm³/mol. The number of hydrogen-bond acceptors (Lipinski definition) is 3. The number of benzene rings is 1. The highest BCUT2D eigenvalue weighted by Crippen LogP contribution is 2.32. The van der Waals surface area contributed by atoms with Crippen LogP contribution in [0.1, 0.15) is 10.4 Å². The monoisotopic (exact) mass is 230 g/mol. The third-order valence-electron chi connectivity index (χ3n) is 2.09. The predicted octanol–water partition coefficient (Wildman–Crippen LogP) is 2.56. The average Bonchev–Trinajstić information content (AvgIpc) is 2.62. The van der Waals surface area contributed by atoms with Gasteiger partial charge in [0.25, 0.3) is 0 Å².